The van der Waals surface area contributed by atoms with Crippen LogP contribution < -0.4 is 4.74 Å². The fraction of sp³-hybridized carbons (Fsp3) is 0.462. The van der Waals surface area contributed by atoms with Gasteiger partial charge in [0, 0.05) is 12.0 Å². The van der Waals surface area contributed by atoms with Crippen molar-refractivity contribution in [1.29, 1.82) is 0 Å². The number of rotatable bonds is 1. The average molecular weight is 269 g/mol. The number of hydrogen-bond donors (Lipinski definition) is 0. The molecule has 2 rings (SSSR count). The Bertz CT molecular complexity index is 482. The normalized spacial score (nSPS) is 19.3. The molecule has 1 heterocycles. The Morgan fingerprint density at radius 3 is 2.78 bits per heavy atom. The first kappa shape index (κ1) is 13.4. The average Bonchev–Trinajstić information content (AvgIpc) is 2.28. The SMILES string of the molecule is CC(C)(C)[S+]([O-])N=C1CCOc2ccc(F)cc21. The van der Waals surface area contributed by atoms with Gasteiger partial charge in [-0.1, -0.05) is 4.40 Å². The molecule has 1 aromatic rings. The van der Waals surface area contributed by atoms with Gasteiger partial charge in [0.25, 0.3) is 0 Å². The third-order valence-electron chi connectivity index (χ3n) is 2.57. The number of ether oxygens (including phenoxy) is 1. The quantitative estimate of drug-likeness (QED) is 0.736. The predicted molar refractivity (Wildman–Crippen MR) is 70.9 cm³/mol. The van der Waals surface area contributed by atoms with Crippen molar-refractivity contribution in [2.45, 2.75) is 31.9 Å². The number of hydrogen-bond acceptors (Lipinski definition) is 3. The molecule has 0 amide bonds. The van der Waals surface area contributed by atoms with E-state index in [-0.39, 0.29) is 5.82 Å². The van der Waals surface area contributed by atoms with Crippen molar-refractivity contribution >= 4 is 17.1 Å². The lowest BCUT2D eigenvalue weighted by atomic mass is 10.0. The van der Waals surface area contributed by atoms with E-state index in [2.05, 4.69) is 4.40 Å². The van der Waals surface area contributed by atoms with E-state index in [1.807, 2.05) is 20.8 Å². The van der Waals surface area contributed by atoms with Crippen LogP contribution in [0.2, 0.25) is 0 Å². The van der Waals surface area contributed by atoms with Gasteiger partial charge in [-0.3, -0.25) is 0 Å². The van der Waals surface area contributed by atoms with Crippen molar-refractivity contribution in [2.24, 2.45) is 4.40 Å². The Kier molecular flexibility index (Phi) is 3.64. The highest BCUT2D eigenvalue weighted by Gasteiger charge is 2.29. The summed E-state index contributed by atoms with van der Waals surface area (Å²) in [4.78, 5) is 0. The minimum Gasteiger partial charge on any atom is -0.591 e. The second-order valence-electron chi connectivity index (χ2n) is 5.14. The van der Waals surface area contributed by atoms with Gasteiger partial charge in [-0.25, -0.2) is 4.39 Å². The fourth-order valence-electron chi connectivity index (χ4n) is 1.58. The number of fused-ring (bicyclic) bond motifs is 1. The van der Waals surface area contributed by atoms with Gasteiger partial charge in [0.05, 0.1) is 6.61 Å². The summed E-state index contributed by atoms with van der Waals surface area (Å²) >= 11 is -1.34. The monoisotopic (exact) mass is 269 g/mol. The molecule has 1 aromatic carbocycles. The van der Waals surface area contributed by atoms with Gasteiger partial charge in [0.1, 0.15) is 33.4 Å². The van der Waals surface area contributed by atoms with E-state index < -0.39 is 16.1 Å². The van der Waals surface area contributed by atoms with E-state index in [0.717, 1.165) is 0 Å². The summed E-state index contributed by atoms with van der Waals surface area (Å²) in [6.07, 6.45) is 0.554. The van der Waals surface area contributed by atoms with Crippen LogP contribution in [0.15, 0.2) is 22.6 Å². The highest BCUT2D eigenvalue weighted by atomic mass is 32.2. The van der Waals surface area contributed by atoms with Crippen LogP contribution in [0.1, 0.15) is 32.8 Å². The first-order valence-corrected chi connectivity index (χ1v) is 6.91. The number of benzene rings is 1. The molecule has 0 aliphatic carbocycles. The largest absolute Gasteiger partial charge is 0.591 e. The molecule has 1 aliphatic heterocycles. The summed E-state index contributed by atoms with van der Waals surface area (Å²) < 4.78 is 34.5. The maximum Gasteiger partial charge on any atom is 0.144 e. The van der Waals surface area contributed by atoms with Crippen LogP contribution in [0.5, 0.6) is 5.75 Å². The van der Waals surface area contributed by atoms with Gasteiger partial charge >= 0.3 is 0 Å². The van der Waals surface area contributed by atoms with Crippen LogP contribution in [0.3, 0.4) is 0 Å². The van der Waals surface area contributed by atoms with Crippen LogP contribution in [-0.4, -0.2) is 21.6 Å². The van der Waals surface area contributed by atoms with Crippen molar-refractivity contribution in [3.05, 3.63) is 29.6 Å². The molecule has 0 saturated carbocycles. The molecule has 0 spiro atoms. The molecule has 1 unspecified atom stereocenters. The summed E-state index contributed by atoms with van der Waals surface area (Å²) in [5.74, 6) is 0.265. The first-order chi connectivity index (χ1) is 8.38. The number of nitrogens with zero attached hydrogens (tertiary/aromatic N) is 1. The van der Waals surface area contributed by atoms with Crippen LogP contribution >= 0.6 is 0 Å². The maximum absolute atomic E-state index is 13.3. The Hall–Kier alpha value is -1.07. The topological polar surface area (TPSA) is 44.7 Å². The Balaban J connectivity index is 2.38. The van der Waals surface area contributed by atoms with Crippen LogP contribution in [0.25, 0.3) is 0 Å². The molecule has 1 aliphatic rings. The van der Waals surface area contributed by atoms with E-state index in [1.54, 1.807) is 6.07 Å². The molecule has 0 radical (unpaired) electrons. The van der Waals surface area contributed by atoms with Gasteiger partial charge in [-0.05, 0) is 39.0 Å². The molecular weight excluding hydrogens is 253 g/mol. The predicted octanol–water partition coefficient (Wildman–Crippen LogP) is 2.86. The standard InChI is InChI=1S/C13H16FNO2S/c1-13(2,3)18(16)15-11-6-7-17-12-5-4-9(14)8-10(11)12/h4-5,8H,6-7H2,1-3H3. The molecule has 18 heavy (non-hydrogen) atoms. The van der Waals surface area contributed by atoms with Crippen molar-refractivity contribution in [3.63, 3.8) is 0 Å². The summed E-state index contributed by atoms with van der Waals surface area (Å²) in [5.41, 5.74) is 1.27. The molecule has 1 atom stereocenters. The van der Waals surface area contributed by atoms with Crippen LogP contribution in [-0.2, 0) is 11.4 Å². The van der Waals surface area contributed by atoms with E-state index in [0.29, 0.717) is 30.1 Å². The maximum atomic E-state index is 13.3. The van der Waals surface area contributed by atoms with E-state index in [1.165, 1.54) is 12.1 Å². The van der Waals surface area contributed by atoms with Crippen molar-refractivity contribution in [3.8, 4) is 5.75 Å². The minimum absolute atomic E-state index is 0.339. The second-order valence-corrected chi connectivity index (χ2v) is 7.04. The molecular formula is C13H16FNO2S. The summed E-state index contributed by atoms with van der Waals surface area (Å²) in [5, 5.41) is 0. The molecule has 98 valence electrons. The molecule has 0 bridgehead atoms. The van der Waals surface area contributed by atoms with Crippen molar-refractivity contribution in [1.82, 2.24) is 0 Å². The lowest BCUT2D eigenvalue weighted by Gasteiger charge is -2.22. The third-order valence-corrected chi connectivity index (χ3v) is 4.00. The van der Waals surface area contributed by atoms with E-state index in [4.69, 9.17) is 4.74 Å². The van der Waals surface area contributed by atoms with Gasteiger partial charge in [0.15, 0.2) is 0 Å². The van der Waals surface area contributed by atoms with Crippen LogP contribution in [0, 0.1) is 5.82 Å². The zero-order valence-electron chi connectivity index (χ0n) is 10.7. The van der Waals surface area contributed by atoms with Crippen molar-refractivity contribution in [2.75, 3.05) is 6.61 Å². The van der Waals surface area contributed by atoms with Crippen LogP contribution in [0.4, 0.5) is 4.39 Å². The molecule has 3 nitrogen and oxygen atoms in total. The summed E-state index contributed by atoms with van der Waals surface area (Å²) in [6, 6.07) is 4.31. The minimum atomic E-state index is -1.34. The molecule has 0 saturated heterocycles. The van der Waals surface area contributed by atoms with Gasteiger partial charge in [-0.15, -0.1) is 0 Å². The lowest BCUT2D eigenvalue weighted by molar-refractivity contribution is 0.320. The zero-order chi connectivity index (χ0) is 13.3. The fourth-order valence-corrected chi connectivity index (χ4v) is 2.24. The Morgan fingerprint density at radius 1 is 1.39 bits per heavy atom. The highest BCUT2D eigenvalue weighted by molar-refractivity contribution is 7.91. The summed E-state index contributed by atoms with van der Waals surface area (Å²) in [6.45, 7) is 6.07. The second kappa shape index (κ2) is 4.90. The van der Waals surface area contributed by atoms with E-state index >= 15 is 0 Å². The van der Waals surface area contributed by atoms with Crippen molar-refractivity contribution < 1.29 is 13.7 Å². The number of halogens is 1. The lowest BCUT2D eigenvalue weighted by Crippen LogP contribution is -2.28. The Morgan fingerprint density at radius 2 is 2.11 bits per heavy atom. The van der Waals surface area contributed by atoms with E-state index in [9.17, 15) is 8.94 Å². The highest BCUT2D eigenvalue weighted by Crippen LogP contribution is 2.28. The molecule has 0 N–H and O–H groups in total. The zero-order valence-corrected chi connectivity index (χ0v) is 11.5. The van der Waals surface area contributed by atoms with Gasteiger partial charge < -0.3 is 9.29 Å². The Labute approximate surface area is 109 Å². The molecule has 0 fully saturated rings. The smallest absolute Gasteiger partial charge is 0.144 e. The first-order valence-electron chi connectivity index (χ1n) is 5.80. The molecule has 0 aromatic heterocycles. The van der Waals surface area contributed by atoms with Gasteiger partial charge in [0.2, 0.25) is 0 Å². The third kappa shape index (κ3) is 2.84. The summed E-state index contributed by atoms with van der Waals surface area (Å²) in [7, 11) is 0. The molecule has 5 heteroatoms. The van der Waals surface area contributed by atoms with Gasteiger partial charge in [-0.2, -0.15) is 0 Å².